The molecular weight excluding hydrogens is 274 g/mol. The van der Waals surface area contributed by atoms with Gasteiger partial charge >= 0.3 is 6.09 Å². The molecule has 6 heteroatoms. The van der Waals surface area contributed by atoms with E-state index in [1.54, 1.807) is 17.5 Å². The van der Waals surface area contributed by atoms with Gasteiger partial charge in [0, 0.05) is 30.7 Å². The van der Waals surface area contributed by atoms with E-state index in [1.807, 2.05) is 26.2 Å². The van der Waals surface area contributed by atoms with Crippen LogP contribution in [0, 0.1) is 0 Å². The van der Waals surface area contributed by atoms with Gasteiger partial charge in [-0.2, -0.15) is 0 Å². The molecule has 0 spiro atoms. The number of alkyl carbamates (subject to hydrolysis) is 1. The molecule has 0 aliphatic carbocycles. The zero-order valence-electron chi connectivity index (χ0n) is 12.7. The average molecular weight is 299 g/mol. The van der Waals surface area contributed by atoms with E-state index in [4.69, 9.17) is 4.74 Å². The van der Waals surface area contributed by atoms with Crippen molar-refractivity contribution in [1.29, 1.82) is 0 Å². The van der Waals surface area contributed by atoms with Crippen molar-refractivity contribution in [3.05, 3.63) is 16.6 Å². The van der Waals surface area contributed by atoms with Crippen LogP contribution < -0.4 is 10.6 Å². The number of nitrogens with one attached hydrogen (secondary N) is 2. The molecule has 1 aromatic heterocycles. The Morgan fingerprint density at radius 2 is 2.25 bits per heavy atom. The fourth-order valence-electron chi connectivity index (χ4n) is 1.72. The zero-order chi connectivity index (χ0) is 15.0. The van der Waals surface area contributed by atoms with Crippen molar-refractivity contribution >= 4 is 17.4 Å². The van der Waals surface area contributed by atoms with E-state index in [2.05, 4.69) is 22.5 Å². The lowest BCUT2D eigenvalue weighted by atomic mass is 10.1. The van der Waals surface area contributed by atoms with Crippen LogP contribution in [0.25, 0.3) is 0 Å². The van der Waals surface area contributed by atoms with Gasteiger partial charge in [-0.3, -0.25) is 0 Å². The van der Waals surface area contributed by atoms with Crippen LogP contribution in [-0.4, -0.2) is 29.3 Å². The standard InChI is InChI=1S/C14H25N3O2S/c1-5-6-11(16-10-12-15-7-8-20-12)9-17-13(18)19-14(2,3)4/h7-8,11,16H,5-6,9-10H2,1-4H3,(H,17,18). The van der Waals surface area contributed by atoms with Crippen molar-refractivity contribution in [3.8, 4) is 0 Å². The van der Waals surface area contributed by atoms with Crippen LogP contribution in [0.15, 0.2) is 11.6 Å². The van der Waals surface area contributed by atoms with Crippen LogP contribution in [0.4, 0.5) is 4.79 Å². The average Bonchev–Trinajstić information content (AvgIpc) is 2.83. The fourth-order valence-corrected chi connectivity index (χ4v) is 2.28. The Kier molecular flexibility index (Phi) is 6.95. The highest BCUT2D eigenvalue weighted by atomic mass is 32.1. The maximum absolute atomic E-state index is 11.6. The predicted octanol–water partition coefficient (Wildman–Crippen LogP) is 2.93. The summed E-state index contributed by atoms with van der Waals surface area (Å²) >= 11 is 1.63. The number of hydrogen-bond acceptors (Lipinski definition) is 5. The highest BCUT2D eigenvalue weighted by molar-refractivity contribution is 7.09. The van der Waals surface area contributed by atoms with Crippen LogP contribution >= 0.6 is 11.3 Å². The third kappa shape index (κ3) is 7.45. The van der Waals surface area contributed by atoms with E-state index in [9.17, 15) is 4.79 Å². The molecule has 0 saturated heterocycles. The fraction of sp³-hybridized carbons (Fsp3) is 0.714. The molecule has 114 valence electrons. The molecule has 1 rings (SSSR count). The first kappa shape index (κ1) is 16.9. The lowest BCUT2D eigenvalue weighted by Gasteiger charge is -2.22. The van der Waals surface area contributed by atoms with Crippen molar-refractivity contribution < 1.29 is 9.53 Å². The lowest BCUT2D eigenvalue weighted by molar-refractivity contribution is 0.0521. The number of amides is 1. The Labute approximate surface area is 125 Å². The summed E-state index contributed by atoms with van der Waals surface area (Å²) in [5.41, 5.74) is -0.460. The highest BCUT2D eigenvalue weighted by Crippen LogP contribution is 2.07. The number of ether oxygens (including phenoxy) is 1. The molecule has 0 aliphatic heterocycles. The second-order valence-electron chi connectivity index (χ2n) is 5.68. The van der Waals surface area contributed by atoms with Gasteiger partial charge < -0.3 is 15.4 Å². The molecule has 1 heterocycles. The topological polar surface area (TPSA) is 63.2 Å². The van der Waals surface area contributed by atoms with Crippen molar-refractivity contribution in [2.24, 2.45) is 0 Å². The molecular formula is C14H25N3O2S. The first-order valence-corrected chi connectivity index (χ1v) is 7.87. The van der Waals surface area contributed by atoms with E-state index >= 15 is 0 Å². The quantitative estimate of drug-likeness (QED) is 0.812. The molecule has 0 bridgehead atoms. The minimum atomic E-state index is -0.460. The van der Waals surface area contributed by atoms with Gasteiger partial charge in [0.1, 0.15) is 10.6 Å². The largest absolute Gasteiger partial charge is 0.444 e. The Bertz CT molecular complexity index is 388. The summed E-state index contributed by atoms with van der Waals surface area (Å²) < 4.78 is 5.23. The van der Waals surface area contributed by atoms with Gasteiger partial charge in [-0.25, -0.2) is 9.78 Å². The molecule has 20 heavy (non-hydrogen) atoms. The van der Waals surface area contributed by atoms with Gasteiger partial charge in [0.05, 0.1) is 0 Å². The molecule has 0 saturated carbocycles. The Hall–Kier alpha value is -1.14. The van der Waals surface area contributed by atoms with Gasteiger partial charge in [0.25, 0.3) is 0 Å². The maximum Gasteiger partial charge on any atom is 0.407 e. The molecule has 0 aliphatic rings. The lowest BCUT2D eigenvalue weighted by Crippen LogP contribution is -2.42. The third-order valence-corrected chi connectivity index (χ3v) is 3.33. The smallest absolute Gasteiger partial charge is 0.407 e. The summed E-state index contributed by atoms with van der Waals surface area (Å²) in [6.07, 6.45) is 3.50. The monoisotopic (exact) mass is 299 g/mol. The number of aromatic nitrogens is 1. The van der Waals surface area contributed by atoms with E-state index in [-0.39, 0.29) is 12.1 Å². The Morgan fingerprint density at radius 1 is 1.50 bits per heavy atom. The summed E-state index contributed by atoms with van der Waals surface area (Å²) in [7, 11) is 0. The van der Waals surface area contributed by atoms with Crippen molar-refractivity contribution in [2.75, 3.05) is 6.54 Å². The summed E-state index contributed by atoms with van der Waals surface area (Å²) in [6.45, 7) is 9.00. The van der Waals surface area contributed by atoms with Crippen molar-refractivity contribution in [3.63, 3.8) is 0 Å². The number of nitrogens with zero attached hydrogens (tertiary/aromatic N) is 1. The molecule has 0 fully saturated rings. The van der Waals surface area contributed by atoms with Gasteiger partial charge in [-0.05, 0) is 27.2 Å². The van der Waals surface area contributed by atoms with Crippen molar-refractivity contribution in [2.45, 2.75) is 58.7 Å². The number of thiazole rings is 1. The van der Waals surface area contributed by atoms with Gasteiger partial charge in [-0.1, -0.05) is 13.3 Å². The van der Waals surface area contributed by atoms with Gasteiger partial charge in [-0.15, -0.1) is 11.3 Å². The minimum Gasteiger partial charge on any atom is -0.444 e. The van der Waals surface area contributed by atoms with Crippen LogP contribution in [-0.2, 0) is 11.3 Å². The van der Waals surface area contributed by atoms with E-state index < -0.39 is 5.60 Å². The highest BCUT2D eigenvalue weighted by Gasteiger charge is 2.17. The first-order chi connectivity index (χ1) is 9.40. The Balaban J connectivity index is 2.33. The molecule has 1 unspecified atom stereocenters. The summed E-state index contributed by atoms with van der Waals surface area (Å²) in [4.78, 5) is 15.9. The first-order valence-electron chi connectivity index (χ1n) is 6.99. The van der Waals surface area contributed by atoms with E-state index in [0.29, 0.717) is 6.54 Å². The predicted molar refractivity (Wildman–Crippen MR) is 81.9 cm³/mol. The molecule has 1 aromatic rings. The number of carbonyl (C=O) groups excluding carboxylic acids is 1. The van der Waals surface area contributed by atoms with Gasteiger partial charge in [0.15, 0.2) is 0 Å². The van der Waals surface area contributed by atoms with Crippen molar-refractivity contribution in [1.82, 2.24) is 15.6 Å². The SMILES string of the molecule is CCCC(CNC(=O)OC(C)(C)C)NCc1nccs1. The summed E-state index contributed by atoms with van der Waals surface area (Å²) in [6, 6.07) is 0.233. The minimum absolute atomic E-state index is 0.233. The second kappa shape index (κ2) is 8.21. The number of rotatable bonds is 7. The number of hydrogen-bond donors (Lipinski definition) is 2. The maximum atomic E-state index is 11.6. The molecule has 0 radical (unpaired) electrons. The Morgan fingerprint density at radius 3 is 2.80 bits per heavy atom. The van der Waals surface area contributed by atoms with Gasteiger partial charge in [0.2, 0.25) is 0 Å². The summed E-state index contributed by atoms with van der Waals surface area (Å²) in [5.74, 6) is 0. The van der Waals surface area contributed by atoms with Crippen LogP contribution in [0.5, 0.6) is 0 Å². The molecule has 0 aromatic carbocycles. The summed E-state index contributed by atoms with van der Waals surface area (Å²) in [5, 5.41) is 9.25. The molecule has 1 atom stereocenters. The van der Waals surface area contributed by atoms with Crippen LogP contribution in [0.3, 0.4) is 0 Å². The molecule has 1 amide bonds. The van der Waals surface area contributed by atoms with E-state index in [0.717, 1.165) is 24.4 Å². The molecule has 2 N–H and O–H groups in total. The second-order valence-corrected chi connectivity index (χ2v) is 6.65. The third-order valence-electron chi connectivity index (χ3n) is 2.55. The van der Waals surface area contributed by atoms with E-state index in [1.165, 1.54) is 0 Å². The van der Waals surface area contributed by atoms with Crippen LogP contribution in [0.1, 0.15) is 45.5 Å². The normalized spacial score (nSPS) is 13.0. The zero-order valence-corrected chi connectivity index (χ0v) is 13.5. The number of carbonyl (C=O) groups is 1. The van der Waals surface area contributed by atoms with Crippen LogP contribution in [0.2, 0.25) is 0 Å². The molecule has 5 nitrogen and oxygen atoms in total.